The molecule has 0 unspecified atom stereocenters. The number of benzene rings is 2. The number of nitrogens with zero attached hydrogens (tertiary/aromatic N) is 1. The van der Waals surface area contributed by atoms with Gasteiger partial charge in [-0.2, -0.15) is 0 Å². The van der Waals surface area contributed by atoms with E-state index in [4.69, 9.17) is 9.47 Å². The van der Waals surface area contributed by atoms with E-state index in [9.17, 15) is 14.4 Å². The zero-order valence-electron chi connectivity index (χ0n) is 24.0. The maximum Gasteiger partial charge on any atom is 0.410 e. The van der Waals surface area contributed by atoms with E-state index >= 15 is 0 Å². The molecule has 2 aromatic carbocycles. The molecule has 1 aliphatic heterocycles. The van der Waals surface area contributed by atoms with Crippen molar-refractivity contribution in [2.24, 2.45) is 0 Å². The highest BCUT2D eigenvalue weighted by molar-refractivity contribution is 6.87. The van der Waals surface area contributed by atoms with Crippen molar-refractivity contribution in [2.45, 2.75) is 76.2 Å². The second kappa shape index (κ2) is 13.2. The Bertz CT molecular complexity index is 1240. The highest BCUT2D eigenvalue weighted by Gasteiger charge is 2.38. The summed E-state index contributed by atoms with van der Waals surface area (Å²) in [6.45, 7) is 7.13. The fraction of sp³-hybridized carbons (Fsp3) is 0.469. The number of likely N-dealkylation sites (tertiary alicyclic amines) is 1. The Labute approximate surface area is 238 Å². The van der Waals surface area contributed by atoms with Crippen LogP contribution in [0.15, 0.2) is 48.5 Å². The summed E-state index contributed by atoms with van der Waals surface area (Å²) in [6, 6.07) is 17.9. The summed E-state index contributed by atoms with van der Waals surface area (Å²) in [4.78, 5) is 40.5. The zero-order valence-corrected chi connectivity index (χ0v) is 25.0. The van der Waals surface area contributed by atoms with Gasteiger partial charge in [0.1, 0.15) is 26.8 Å². The van der Waals surface area contributed by atoms with Gasteiger partial charge in [0.2, 0.25) is 5.91 Å². The quantitative estimate of drug-likeness (QED) is 0.249. The molecule has 40 heavy (non-hydrogen) atoms. The lowest BCUT2D eigenvalue weighted by Gasteiger charge is -2.26. The lowest BCUT2D eigenvalue weighted by atomic mass is 9.98. The number of ether oxygens (including phenoxy) is 2. The second-order valence-corrected chi connectivity index (χ2v) is 15.5. The molecule has 1 aliphatic carbocycles. The SMILES string of the molecule is CC[Si](C#CC[C@H](NC(=O)[C@@H]1CCCN1C(=O)OCC1c2ccccc2-c2ccccc21)C(=O)OC)(CC)CC. The summed E-state index contributed by atoms with van der Waals surface area (Å²) in [6.07, 6.45) is 0.860. The number of hydrogen-bond acceptors (Lipinski definition) is 5. The third-order valence-corrected chi connectivity index (χ3v) is 13.4. The minimum absolute atomic E-state index is 0.0569. The number of methoxy groups -OCH3 is 1. The van der Waals surface area contributed by atoms with Gasteiger partial charge in [0.05, 0.1) is 7.11 Å². The van der Waals surface area contributed by atoms with Crippen LogP contribution < -0.4 is 5.32 Å². The first-order valence-electron chi connectivity index (χ1n) is 14.4. The van der Waals surface area contributed by atoms with Crippen molar-refractivity contribution in [3.8, 4) is 22.6 Å². The van der Waals surface area contributed by atoms with Gasteiger partial charge < -0.3 is 14.8 Å². The van der Waals surface area contributed by atoms with Gasteiger partial charge in [0, 0.05) is 18.9 Å². The van der Waals surface area contributed by atoms with E-state index in [1.807, 2.05) is 24.3 Å². The molecule has 1 N–H and O–H groups in total. The molecule has 8 heteroatoms. The smallest absolute Gasteiger partial charge is 0.410 e. The predicted octanol–water partition coefficient (Wildman–Crippen LogP) is 5.50. The van der Waals surface area contributed by atoms with Crippen molar-refractivity contribution < 1.29 is 23.9 Å². The van der Waals surface area contributed by atoms with Crippen LogP contribution in [0.1, 0.15) is 57.1 Å². The summed E-state index contributed by atoms with van der Waals surface area (Å²) >= 11 is 0. The number of nitrogens with one attached hydrogen (secondary N) is 1. The van der Waals surface area contributed by atoms with Gasteiger partial charge in [-0.3, -0.25) is 9.69 Å². The Morgan fingerprint density at radius 1 is 1.00 bits per heavy atom. The van der Waals surface area contributed by atoms with Crippen LogP contribution in [0.3, 0.4) is 0 Å². The van der Waals surface area contributed by atoms with Crippen molar-refractivity contribution in [3.05, 3.63) is 59.7 Å². The van der Waals surface area contributed by atoms with Gasteiger partial charge in [0.25, 0.3) is 0 Å². The number of esters is 1. The van der Waals surface area contributed by atoms with Crippen LogP contribution in [0.5, 0.6) is 0 Å². The Balaban J connectivity index is 1.41. The summed E-state index contributed by atoms with van der Waals surface area (Å²) in [5.74, 6) is 2.21. The Hall–Kier alpha value is -3.57. The normalized spacial score (nSPS) is 16.8. The van der Waals surface area contributed by atoms with Gasteiger partial charge in [0.15, 0.2) is 0 Å². The fourth-order valence-corrected chi connectivity index (χ4v) is 8.40. The molecule has 7 nitrogen and oxygen atoms in total. The highest BCUT2D eigenvalue weighted by Crippen LogP contribution is 2.44. The molecule has 0 saturated carbocycles. The molecule has 2 atom stereocenters. The molecule has 0 radical (unpaired) electrons. The van der Waals surface area contributed by atoms with Crippen LogP contribution >= 0.6 is 0 Å². The molecule has 0 aromatic heterocycles. The van der Waals surface area contributed by atoms with Gasteiger partial charge in [-0.1, -0.05) is 69.3 Å². The largest absolute Gasteiger partial charge is 0.467 e. The molecule has 0 bridgehead atoms. The highest BCUT2D eigenvalue weighted by atomic mass is 28.3. The summed E-state index contributed by atoms with van der Waals surface area (Å²) < 4.78 is 10.8. The first kappa shape index (κ1) is 29.4. The predicted molar refractivity (Wildman–Crippen MR) is 158 cm³/mol. The molecular formula is C32H40N2O5Si. The molecule has 212 valence electrons. The van der Waals surface area contributed by atoms with Crippen molar-refractivity contribution in [1.29, 1.82) is 0 Å². The third kappa shape index (κ3) is 6.10. The number of amides is 2. The van der Waals surface area contributed by atoms with Gasteiger partial charge in [-0.05, 0) is 53.2 Å². The Kier molecular flexibility index (Phi) is 9.70. The standard InChI is InChI=1S/C32H40N2O5Si/c1-5-40(6-2,7-3)21-13-18-28(31(36)38-4)33-30(35)29-19-12-20-34(29)32(37)39-22-27-25-16-10-8-14-23(25)24-15-9-11-17-26(24)27/h8-11,14-17,27-29H,5-7,12,18-20,22H2,1-4H3,(H,33,35)/t28-,29-/m0/s1. The summed E-state index contributed by atoms with van der Waals surface area (Å²) in [7, 11) is -0.379. The summed E-state index contributed by atoms with van der Waals surface area (Å²) in [5, 5.41) is 2.81. The van der Waals surface area contributed by atoms with E-state index in [0.29, 0.717) is 19.4 Å². The van der Waals surface area contributed by atoms with Gasteiger partial charge in [-0.25, -0.2) is 9.59 Å². The van der Waals surface area contributed by atoms with Crippen molar-refractivity contribution in [2.75, 3.05) is 20.3 Å². The lowest BCUT2D eigenvalue weighted by Crippen LogP contribution is -2.51. The van der Waals surface area contributed by atoms with Crippen molar-refractivity contribution in [1.82, 2.24) is 10.2 Å². The van der Waals surface area contributed by atoms with Crippen LogP contribution in [0.4, 0.5) is 4.79 Å². The van der Waals surface area contributed by atoms with Crippen molar-refractivity contribution >= 4 is 26.0 Å². The molecule has 1 heterocycles. The number of hydrogen-bond donors (Lipinski definition) is 1. The van der Waals surface area contributed by atoms with Gasteiger partial charge >= 0.3 is 12.1 Å². The fourth-order valence-electron chi connectivity index (χ4n) is 5.89. The maximum absolute atomic E-state index is 13.3. The van der Waals surface area contributed by atoms with Crippen LogP contribution in [-0.4, -0.2) is 63.3 Å². The molecule has 1 saturated heterocycles. The molecule has 1 fully saturated rings. The topological polar surface area (TPSA) is 84.9 Å². The average molecular weight is 561 g/mol. The number of carbonyl (C=O) groups is 3. The molecule has 2 amide bonds. The lowest BCUT2D eigenvalue weighted by molar-refractivity contribution is -0.145. The van der Waals surface area contributed by atoms with E-state index in [-0.39, 0.29) is 24.9 Å². The minimum atomic E-state index is -1.68. The zero-order chi connectivity index (χ0) is 28.7. The molecule has 2 aliphatic rings. The first-order chi connectivity index (χ1) is 19.4. The molecular weight excluding hydrogens is 520 g/mol. The van der Waals surface area contributed by atoms with Gasteiger partial charge in [-0.15, -0.1) is 11.5 Å². The molecule has 2 aromatic rings. The second-order valence-electron chi connectivity index (χ2n) is 10.6. The van der Waals surface area contributed by atoms with E-state index in [2.05, 4.69) is 61.8 Å². The molecule has 4 rings (SSSR count). The van der Waals surface area contributed by atoms with Crippen molar-refractivity contribution in [3.63, 3.8) is 0 Å². The van der Waals surface area contributed by atoms with Crippen LogP contribution in [0, 0.1) is 11.5 Å². The Morgan fingerprint density at radius 3 is 2.17 bits per heavy atom. The van der Waals surface area contributed by atoms with E-state index in [1.165, 1.54) is 12.0 Å². The van der Waals surface area contributed by atoms with Crippen LogP contribution in [0.2, 0.25) is 18.1 Å². The van der Waals surface area contributed by atoms with E-state index in [0.717, 1.165) is 40.4 Å². The summed E-state index contributed by atoms with van der Waals surface area (Å²) in [5.41, 5.74) is 8.05. The third-order valence-electron chi connectivity index (χ3n) is 8.62. The maximum atomic E-state index is 13.3. The van der Waals surface area contributed by atoms with Crippen LogP contribution in [0.25, 0.3) is 11.1 Å². The minimum Gasteiger partial charge on any atom is -0.467 e. The first-order valence-corrected chi connectivity index (χ1v) is 17.0. The average Bonchev–Trinajstić information content (AvgIpc) is 3.61. The van der Waals surface area contributed by atoms with Crippen LogP contribution in [-0.2, 0) is 19.1 Å². The number of rotatable bonds is 9. The van der Waals surface area contributed by atoms with E-state index < -0.39 is 32.2 Å². The Morgan fingerprint density at radius 2 is 1.60 bits per heavy atom. The number of fused-ring (bicyclic) bond motifs is 3. The monoisotopic (exact) mass is 560 g/mol. The number of carbonyl (C=O) groups excluding carboxylic acids is 3. The molecule has 0 spiro atoms. The van der Waals surface area contributed by atoms with E-state index in [1.54, 1.807) is 0 Å².